The molecule has 2 fully saturated rings. The topological polar surface area (TPSA) is 15.3 Å². The monoisotopic (exact) mass is 210 g/mol. The first-order valence-corrected chi connectivity index (χ1v) is 6.68. The van der Waals surface area contributed by atoms with Crippen molar-refractivity contribution in [3.05, 3.63) is 0 Å². The van der Waals surface area contributed by atoms with Gasteiger partial charge >= 0.3 is 0 Å². The van der Waals surface area contributed by atoms with Crippen molar-refractivity contribution in [2.24, 2.45) is 5.92 Å². The molecule has 0 aromatic heterocycles. The molecule has 1 aliphatic heterocycles. The Bertz CT molecular complexity index is 187. The summed E-state index contributed by atoms with van der Waals surface area (Å²) in [5.74, 6) is 0.986. The van der Waals surface area contributed by atoms with E-state index in [9.17, 15) is 0 Å². The lowest BCUT2D eigenvalue weighted by atomic mass is 9.79. The Balaban J connectivity index is 1.92. The molecule has 0 amide bonds. The largest absolute Gasteiger partial charge is 0.317 e. The van der Waals surface area contributed by atoms with Gasteiger partial charge in [-0.25, -0.2) is 0 Å². The highest BCUT2D eigenvalue weighted by Gasteiger charge is 2.31. The van der Waals surface area contributed by atoms with Gasteiger partial charge in [0, 0.05) is 12.1 Å². The van der Waals surface area contributed by atoms with Gasteiger partial charge in [0.25, 0.3) is 0 Å². The maximum atomic E-state index is 3.47. The minimum Gasteiger partial charge on any atom is -0.317 e. The molecule has 1 heterocycles. The van der Waals surface area contributed by atoms with E-state index < -0.39 is 0 Å². The van der Waals surface area contributed by atoms with Crippen LogP contribution in [0, 0.1) is 5.92 Å². The number of nitrogens with one attached hydrogen (secondary N) is 1. The molecule has 0 bridgehead atoms. The quantitative estimate of drug-likeness (QED) is 0.752. The van der Waals surface area contributed by atoms with Gasteiger partial charge in [-0.2, -0.15) is 0 Å². The molecule has 2 rings (SSSR count). The molecule has 0 radical (unpaired) electrons. The molecule has 0 aromatic carbocycles. The van der Waals surface area contributed by atoms with Crippen molar-refractivity contribution in [1.29, 1.82) is 0 Å². The van der Waals surface area contributed by atoms with E-state index in [2.05, 4.69) is 24.3 Å². The SMILES string of the molecule is CNC1CCN(C)C(C2CCCCC2)C1. The first kappa shape index (κ1) is 11.4. The summed E-state index contributed by atoms with van der Waals surface area (Å²) in [6, 6.07) is 1.63. The van der Waals surface area contributed by atoms with E-state index in [0.717, 1.165) is 18.0 Å². The van der Waals surface area contributed by atoms with Crippen LogP contribution >= 0.6 is 0 Å². The Morgan fingerprint density at radius 3 is 2.47 bits per heavy atom. The number of piperidine rings is 1. The number of hydrogen-bond acceptors (Lipinski definition) is 2. The minimum absolute atomic E-state index is 0.771. The van der Waals surface area contributed by atoms with E-state index in [4.69, 9.17) is 0 Å². The summed E-state index contributed by atoms with van der Waals surface area (Å²) in [4.78, 5) is 2.61. The summed E-state index contributed by atoms with van der Waals surface area (Å²) in [7, 11) is 4.44. The molecular weight excluding hydrogens is 184 g/mol. The van der Waals surface area contributed by atoms with Crippen LogP contribution in [0.1, 0.15) is 44.9 Å². The van der Waals surface area contributed by atoms with Crippen LogP contribution in [0.5, 0.6) is 0 Å². The maximum Gasteiger partial charge on any atom is 0.0135 e. The minimum atomic E-state index is 0.771. The van der Waals surface area contributed by atoms with Crippen LogP contribution in [0.3, 0.4) is 0 Å². The third-order valence-electron chi connectivity index (χ3n) is 4.52. The van der Waals surface area contributed by atoms with Crippen molar-refractivity contribution in [2.75, 3.05) is 20.6 Å². The van der Waals surface area contributed by atoms with Crippen LogP contribution < -0.4 is 5.32 Å². The van der Waals surface area contributed by atoms with E-state index in [0.29, 0.717) is 0 Å². The second-order valence-corrected chi connectivity index (χ2v) is 5.46. The van der Waals surface area contributed by atoms with Crippen LogP contribution in [0.25, 0.3) is 0 Å². The second kappa shape index (κ2) is 5.31. The van der Waals surface area contributed by atoms with Crippen LogP contribution in [-0.4, -0.2) is 37.6 Å². The predicted molar refractivity (Wildman–Crippen MR) is 65.1 cm³/mol. The number of nitrogens with zero attached hydrogens (tertiary/aromatic N) is 1. The van der Waals surface area contributed by atoms with E-state index in [-0.39, 0.29) is 0 Å². The van der Waals surface area contributed by atoms with Crippen LogP contribution in [0.2, 0.25) is 0 Å². The van der Waals surface area contributed by atoms with Crippen molar-refractivity contribution in [3.8, 4) is 0 Å². The Morgan fingerprint density at radius 1 is 1.07 bits per heavy atom. The fourth-order valence-corrected chi connectivity index (χ4v) is 3.45. The van der Waals surface area contributed by atoms with E-state index in [1.165, 1.54) is 51.5 Å². The fourth-order valence-electron chi connectivity index (χ4n) is 3.45. The van der Waals surface area contributed by atoms with Gasteiger partial charge in [-0.05, 0) is 52.2 Å². The summed E-state index contributed by atoms with van der Waals surface area (Å²) >= 11 is 0. The average Bonchev–Trinajstić information content (AvgIpc) is 2.31. The van der Waals surface area contributed by atoms with Crippen molar-refractivity contribution in [3.63, 3.8) is 0 Å². The van der Waals surface area contributed by atoms with Gasteiger partial charge < -0.3 is 10.2 Å². The standard InChI is InChI=1S/C13H26N2/c1-14-12-8-9-15(2)13(10-12)11-6-4-3-5-7-11/h11-14H,3-10H2,1-2H3. The van der Waals surface area contributed by atoms with Crippen molar-refractivity contribution in [1.82, 2.24) is 10.2 Å². The fraction of sp³-hybridized carbons (Fsp3) is 1.00. The first-order chi connectivity index (χ1) is 7.31. The zero-order valence-corrected chi connectivity index (χ0v) is 10.3. The molecule has 1 aliphatic carbocycles. The molecule has 2 atom stereocenters. The highest BCUT2D eigenvalue weighted by molar-refractivity contribution is 4.88. The summed E-state index contributed by atoms with van der Waals surface area (Å²) < 4.78 is 0. The van der Waals surface area contributed by atoms with Gasteiger partial charge in [0.15, 0.2) is 0 Å². The first-order valence-electron chi connectivity index (χ1n) is 6.68. The number of hydrogen-bond donors (Lipinski definition) is 1. The summed E-state index contributed by atoms with van der Waals surface area (Å²) in [5, 5.41) is 3.47. The highest BCUT2D eigenvalue weighted by atomic mass is 15.2. The molecule has 1 N–H and O–H groups in total. The lowest BCUT2D eigenvalue weighted by molar-refractivity contribution is 0.0901. The molecule has 2 aliphatic rings. The van der Waals surface area contributed by atoms with Gasteiger partial charge in [0.1, 0.15) is 0 Å². The Hall–Kier alpha value is -0.0800. The Morgan fingerprint density at radius 2 is 1.80 bits per heavy atom. The second-order valence-electron chi connectivity index (χ2n) is 5.46. The molecule has 15 heavy (non-hydrogen) atoms. The van der Waals surface area contributed by atoms with Crippen molar-refractivity contribution in [2.45, 2.75) is 57.0 Å². The zero-order valence-electron chi connectivity index (χ0n) is 10.3. The van der Waals surface area contributed by atoms with Gasteiger partial charge in [-0.15, -0.1) is 0 Å². The smallest absolute Gasteiger partial charge is 0.0135 e. The van der Waals surface area contributed by atoms with Gasteiger partial charge in [-0.3, -0.25) is 0 Å². The normalized spacial score (nSPS) is 35.6. The third kappa shape index (κ3) is 2.73. The molecule has 2 heteroatoms. The molecule has 88 valence electrons. The van der Waals surface area contributed by atoms with Crippen LogP contribution in [0.4, 0.5) is 0 Å². The highest BCUT2D eigenvalue weighted by Crippen LogP contribution is 2.32. The van der Waals surface area contributed by atoms with Gasteiger partial charge in [-0.1, -0.05) is 19.3 Å². The number of rotatable bonds is 2. The lowest BCUT2D eigenvalue weighted by Crippen LogP contribution is -2.49. The summed E-state index contributed by atoms with van der Waals surface area (Å²) in [5.41, 5.74) is 0. The molecule has 0 aromatic rings. The van der Waals surface area contributed by atoms with Gasteiger partial charge in [0.2, 0.25) is 0 Å². The van der Waals surface area contributed by atoms with Crippen molar-refractivity contribution >= 4 is 0 Å². The molecule has 2 unspecified atom stereocenters. The van der Waals surface area contributed by atoms with Gasteiger partial charge in [0.05, 0.1) is 0 Å². The van der Waals surface area contributed by atoms with Crippen molar-refractivity contribution < 1.29 is 0 Å². The molecule has 1 saturated heterocycles. The molecular formula is C13H26N2. The number of likely N-dealkylation sites (tertiary alicyclic amines) is 1. The van der Waals surface area contributed by atoms with Crippen LogP contribution in [-0.2, 0) is 0 Å². The van der Waals surface area contributed by atoms with E-state index in [1.807, 2.05) is 0 Å². The molecule has 0 spiro atoms. The van der Waals surface area contributed by atoms with Crippen LogP contribution in [0.15, 0.2) is 0 Å². The third-order valence-corrected chi connectivity index (χ3v) is 4.52. The Kier molecular flexibility index (Phi) is 4.04. The van der Waals surface area contributed by atoms with E-state index >= 15 is 0 Å². The summed E-state index contributed by atoms with van der Waals surface area (Å²) in [6.07, 6.45) is 10.1. The summed E-state index contributed by atoms with van der Waals surface area (Å²) in [6.45, 7) is 1.28. The zero-order chi connectivity index (χ0) is 10.7. The predicted octanol–water partition coefficient (Wildman–Crippen LogP) is 2.25. The Labute approximate surface area is 94.4 Å². The lowest BCUT2D eigenvalue weighted by Gasteiger charge is -2.42. The average molecular weight is 210 g/mol. The molecule has 1 saturated carbocycles. The van der Waals surface area contributed by atoms with E-state index in [1.54, 1.807) is 0 Å². The maximum absolute atomic E-state index is 3.47. The molecule has 2 nitrogen and oxygen atoms in total.